The molecule has 0 atom stereocenters. The van der Waals surface area contributed by atoms with Crippen LogP contribution in [0, 0.1) is 11.6 Å². The first kappa shape index (κ1) is 19.1. The Bertz CT molecular complexity index is 1120. The van der Waals surface area contributed by atoms with Gasteiger partial charge in [-0.15, -0.1) is 0 Å². The van der Waals surface area contributed by atoms with Crippen molar-refractivity contribution in [2.75, 3.05) is 5.32 Å². The van der Waals surface area contributed by atoms with Crippen LogP contribution >= 0.6 is 0 Å². The number of alkyl halides is 3. The molecule has 2 aromatic carbocycles. The molecule has 0 radical (unpaired) electrons. The molecule has 0 bridgehead atoms. The number of hydrogen-bond acceptors (Lipinski definition) is 3. The minimum atomic E-state index is -4.75. The Morgan fingerprint density at radius 3 is 2.32 bits per heavy atom. The Balaban J connectivity index is 2.16. The van der Waals surface area contributed by atoms with Crippen LogP contribution < -0.4 is 11.1 Å². The fraction of sp³-hybridized carbons (Fsp3) is 0.0588. The zero-order valence-corrected chi connectivity index (χ0v) is 13.6. The fourth-order valence-corrected chi connectivity index (χ4v) is 2.67. The molecule has 2 amide bonds. The second kappa shape index (κ2) is 6.51. The lowest BCUT2D eigenvalue weighted by Gasteiger charge is -2.07. The van der Waals surface area contributed by atoms with E-state index in [2.05, 4.69) is 5.32 Å². The summed E-state index contributed by atoms with van der Waals surface area (Å²) in [6.07, 6.45) is -4.75. The van der Waals surface area contributed by atoms with Gasteiger partial charge in [-0.2, -0.15) is 13.2 Å². The lowest BCUT2D eigenvalue weighted by atomic mass is 10.1. The summed E-state index contributed by atoms with van der Waals surface area (Å²) in [6.45, 7) is 0. The van der Waals surface area contributed by atoms with Gasteiger partial charge in [0.15, 0.2) is 0 Å². The molecule has 6 nitrogen and oxygen atoms in total. The number of halogens is 5. The topological polar surface area (TPSA) is 97.3 Å². The highest BCUT2D eigenvalue weighted by Gasteiger charge is 2.33. The van der Waals surface area contributed by atoms with E-state index in [9.17, 15) is 36.6 Å². The van der Waals surface area contributed by atoms with Gasteiger partial charge in [-0.25, -0.2) is 18.1 Å². The molecule has 0 unspecified atom stereocenters. The summed E-state index contributed by atoms with van der Waals surface area (Å²) in [5.74, 6) is -4.19. The van der Waals surface area contributed by atoms with Crippen LogP contribution in [0.25, 0.3) is 10.9 Å². The van der Waals surface area contributed by atoms with E-state index in [1.54, 1.807) is 0 Å². The predicted octanol–water partition coefficient (Wildman–Crippen LogP) is 3.82. The molecule has 3 aromatic rings. The van der Waals surface area contributed by atoms with Gasteiger partial charge < -0.3 is 16.2 Å². The molecule has 1 aromatic heterocycles. The van der Waals surface area contributed by atoms with Gasteiger partial charge in [0.1, 0.15) is 17.2 Å². The number of fused-ring (bicyclic) bond motifs is 1. The summed E-state index contributed by atoms with van der Waals surface area (Å²) in [6, 6.07) is 2.98. The second-order valence-corrected chi connectivity index (χ2v) is 5.68. The van der Waals surface area contributed by atoms with Crippen LogP contribution in [0.3, 0.4) is 0 Å². The van der Waals surface area contributed by atoms with Crippen LogP contribution in [0.15, 0.2) is 36.4 Å². The molecule has 0 fully saturated rings. The van der Waals surface area contributed by atoms with Crippen LogP contribution in [0.5, 0.6) is 5.88 Å². The van der Waals surface area contributed by atoms with Crippen molar-refractivity contribution in [1.82, 2.24) is 4.57 Å². The molecule has 146 valence electrons. The van der Waals surface area contributed by atoms with Crippen molar-refractivity contribution in [3.05, 3.63) is 59.2 Å². The van der Waals surface area contributed by atoms with Crippen molar-refractivity contribution < 1.29 is 36.6 Å². The van der Waals surface area contributed by atoms with Crippen molar-refractivity contribution in [2.24, 2.45) is 5.73 Å². The van der Waals surface area contributed by atoms with Crippen molar-refractivity contribution in [3.63, 3.8) is 0 Å². The van der Waals surface area contributed by atoms with Crippen LogP contribution in [0.4, 0.5) is 32.4 Å². The molecule has 0 spiro atoms. The predicted molar refractivity (Wildman–Crippen MR) is 87.9 cm³/mol. The molecule has 28 heavy (non-hydrogen) atoms. The first-order chi connectivity index (χ1) is 13.0. The molecule has 0 aliphatic rings. The maximum absolute atomic E-state index is 13.7. The summed E-state index contributed by atoms with van der Waals surface area (Å²) < 4.78 is 65.8. The van der Waals surface area contributed by atoms with E-state index in [-0.39, 0.29) is 5.39 Å². The summed E-state index contributed by atoms with van der Waals surface area (Å²) in [4.78, 5) is 24.1. The van der Waals surface area contributed by atoms with E-state index in [1.807, 2.05) is 0 Å². The molecule has 0 saturated heterocycles. The summed E-state index contributed by atoms with van der Waals surface area (Å²) in [7, 11) is 0. The third-order valence-corrected chi connectivity index (χ3v) is 3.90. The maximum atomic E-state index is 13.7. The van der Waals surface area contributed by atoms with Crippen LogP contribution in [-0.2, 0) is 6.18 Å². The Hall–Kier alpha value is -3.63. The average Bonchev–Trinajstić information content (AvgIpc) is 2.87. The Morgan fingerprint density at radius 1 is 1.07 bits per heavy atom. The lowest BCUT2D eigenvalue weighted by Crippen LogP contribution is -2.19. The first-order valence-electron chi connectivity index (χ1n) is 7.51. The summed E-state index contributed by atoms with van der Waals surface area (Å²) in [5, 5.41) is 12.0. The number of nitrogens with zero attached hydrogens (tertiary/aromatic N) is 1. The van der Waals surface area contributed by atoms with Gasteiger partial charge in [0.25, 0.3) is 5.91 Å². The number of amides is 2. The molecular formula is C17H10F5N3O3. The first-order valence-corrected chi connectivity index (χ1v) is 7.51. The van der Waals surface area contributed by atoms with Gasteiger partial charge >= 0.3 is 12.2 Å². The van der Waals surface area contributed by atoms with Gasteiger partial charge in [0.2, 0.25) is 5.88 Å². The fourth-order valence-electron chi connectivity index (χ4n) is 2.67. The van der Waals surface area contributed by atoms with Crippen molar-refractivity contribution in [1.29, 1.82) is 0 Å². The van der Waals surface area contributed by atoms with Gasteiger partial charge in [-0.05, 0) is 24.3 Å². The molecule has 3 rings (SSSR count). The number of primary amides is 1. The van der Waals surface area contributed by atoms with Gasteiger partial charge in [0, 0.05) is 11.5 Å². The number of rotatable bonds is 2. The highest BCUT2D eigenvalue weighted by Crippen LogP contribution is 2.36. The number of aromatic nitrogens is 1. The number of aromatic hydroxyl groups is 1. The molecule has 0 saturated carbocycles. The standard InChI is InChI=1S/C17H10F5N3O3/c18-8-2-4-11(10(19)6-8)24-14(26)13-9-3-1-7(17(20,21)22)5-12(9)25(15(13)27)16(23)28/h1-6,27H,(H2,23,28)(H,24,26). The number of benzene rings is 2. The second-order valence-electron chi connectivity index (χ2n) is 5.68. The minimum Gasteiger partial charge on any atom is -0.494 e. The number of hydrogen-bond donors (Lipinski definition) is 3. The van der Waals surface area contributed by atoms with Crippen LogP contribution in [-0.4, -0.2) is 21.6 Å². The van der Waals surface area contributed by atoms with Crippen molar-refractivity contribution >= 4 is 28.5 Å². The van der Waals surface area contributed by atoms with E-state index < -0.39 is 58.0 Å². The van der Waals surface area contributed by atoms with Gasteiger partial charge in [0.05, 0.1) is 16.8 Å². The van der Waals surface area contributed by atoms with Gasteiger partial charge in [-0.3, -0.25) is 4.79 Å². The Morgan fingerprint density at radius 2 is 1.75 bits per heavy atom. The van der Waals surface area contributed by atoms with Gasteiger partial charge in [-0.1, -0.05) is 6.07 Å². The third-order valence-electron chi connectivity index (χ3n) is 3.90. The number of nitrogens with one attached hydrogen (secondary N) is 1. The quantitative estimate of drug-likeness (QED) is 0.572. The summed E-state index contributed by atoms with van der Waals surface area (Å²) in [5.41, 5.74) is 2.43. The highest BCUT2D eigenvalue weighted by molar-refractivity contribution is 6.16. The Labute approximate surface area is 153 Å². The molecule has 1 heterocycles. The van der Waals surface area contributed by atoms with Crippen LogP contribution in [0.1, 0.15) is 15.9 Å². The van der Waals surface area contributed by atoms with Crippen molar-refractivity contribution in [2.45, 2.75) is 6.18 Å². The molecule has 11 heteroatoms. The normalized spacial score (nSPS) is 11.6. The monoisotopic (exact) mass is 399 g/mol. The van der Waals surface area contributed by atoms with Crippen LogP contribution in [0.2, 0.25) is 0 Å². The number of nitrogens with two attached hydrogens (primary N) is 1. The van der Waals surface area contributed by atoms with E-state index in [1.165, 1.54) is 0 Å². The molecular weight excluding hydrogens is 389 g/mol. The Kier molecular flexibility index (Phi) is 4.45. The van der Waals surface area contributed by atoms with E-state index >= 15 is 0 Å². The van der Waals surface area contributed by atoms with E-state index in [4.69, 9.17) is 5.73 Å². The van der Waals surface area contributed by atoms with E-state index in [0.717, 1.165) is 18.2 Å². The molecule has 0 aliphatic carbocycles. The number of anilines is 1. The van der Waals surface area contributed by atoms with Crippen molar-refractivity contribution in [3.8, 4) is 5.88 Å². The molecule has 4 N–H and O–H groups in total. The lowest BCUT2D eigenvalue weighted by molar-refractivity contribution is -0.137. The maximum Gasteiger partial charge on any atom is 0.416 e. The third kappa shape index (κ3) is 3.21. The molecule has 0 aliphatic heterocycles. The zero-order chi connectivity index (χ0) is 20.8. The largest absolute Gasteiger partial charge is 0.494 e. The van der Waals surface area contributed by atoms with E-state index in [0.29, 0.717) is 22.8 Å². The minimum absolute atomic E-state index is 0.232. The SMILES string of the molecule is NC(=O)n1c(O)c(C(=O)Nc2ccc(F)cc2F)c2ccc(C(F)(F)F)cc21. The smallest absolute Gasteiger partial charge is 0.416 e. The zero-order valence-electron chi connectivity index (χ0n) is 13.6. The number of carbonyl (C=O) groups is 2. The average molecular weight is 399 g/mol. The highest BCUT2D eigenvalue weighted by atomic mass is 19.4. The number of carbonyl (C=O) groups excluding carboxylic acids is 2. The summed E-state index contributed by atoms with van der Waals surface area (Å²) >= 11 is 0.